The van der Waals surface area contributed by atoms with E-state index in [1.165, 1.54) is 12.1 Å². The number of aromatic hydroxyl groups is 2. The molecule has 2 rings (SSSR count). The molecule has 1 atom stereocenters. The van der Waals surface area contributed by atoms with Crippen LogP contribution in [0.15, 0.2) is 42.5 Å². The molecule has 0 radical (unpaired) electrons. The van der Waals surface area contributed by atoms with Crippen molar-refractivity contribution >= 4 is 23.7 Å². The van der Waals surface area contributed by atoms with Gasteiger partial charge in [-0.15, -0.1) is 0 Å². The fourth-order valence-corrected chi connectivity index (χ4v) is 2.74. The minimum absolute atomic E-state index is 0.0879. The van der Waals surface area contributed by atoms with Gasteiger partial charge < -0.3 is 30.9 Å². The van der Waals surface area contributed by atoms with Crippen LogP contribution in [0.3, 0.4) is 0 Å². The second kappa shape index (κ2) is 9.61. The Morgan fingerprint density at radius 3 is 2.43 bits per heavy atom. The van der Waals surface area contributed by atoms with Crippen LogP contribution >= 0.6 is 0 Å². The number of phenols is 2. The van der Waals surface area contributed by atoms with Gasteiger partial charge >= 0.3 is 0 Å². The molecule has 0 fully saturated rings. The summed E-state index contributed by atoms with van der Waals surface area (Å²) in [4.78, 5) is 24.0. The summed E-state index contributed by atoms with van der Waals surface area (Å²) in [6, 6.07) is 11.3. The van der Waals surface area contributed by atoms with E-state index in [9.17, 15) is 24.9 Å². The Labute approximate surface area is 163 Å². The van der Waals surface area contributed by atoms with Crippen LogP contribution in [0, 0.1) is 0 Å². The van der Waals surface area contributed by atoms with Crippen molar-refractivity contribution in [1.29, 1.82) is 0 Å². The van der Waals surface area contributed by atoms with Gasteiger partial charge in [-0.3, -0.25) is 9.59 Å². The third kappa shape index (κ3) is 5.62. The Morgan fingerprint density at radius 2 is 1.82 bits per heavy atom. The van der Waals surface area contributed by atoms with Crippen LogP contribution in [-0.4, -0.2) is 46.8 Å². The molecule has 0 saturated carbocycles. The van der Waals surface area contributed by atoms with Gasteiger partial charge in [0, 0.05) is 18.3 Å². The minimum Gasteiger partial charge on any atom is -0.508 e. The maximum Gasteiger partial charge on any atom is 0.243 e. The van der Waals surface area contributed by atoms with Crippen molar-refractivity contribution in [1.82, 2.24) is 5.32 Å². The quantitative estimate of drug-likeness (QED) is 0.330. The second-order valence-electron chi connectivity index (χ2n) is 6.60. The smallest absolute Gasteiger partial charge is 0.243 e. The molecule has 0 aromatic heterocycles. The Bertz CT molecular complexity index is 808. The van der Waals surface area contributed by atoms with Crippen molar-refractivity contribution in [3.05, 3.63) is 48.0 Å². The lowest BCUT2D eigenvalue weighted by atomic mass is 10.1. The summed E-state index contributed by atoms with van der Waals surface area (Å²) in [5.74, 6) is -0.479. The predicted octanol–water partition coefficient (Wildman–Crippen LogP) is 1.73. The number of carbonyl (C=O) groups is 2. The molecule has 150 valence electrons. The molecular weight excluding hydrogens is 362 g/mol. The largest absolute Gasteiger partial charge is 0.508 e. The van der Waals surface area contributed by atoms with Crippen molar-refractivity contribution in [2.75, 3.05) is 23.3 Å². The summed E-state index contributed by atoms with van der Waals surface area (Å²) in [5.41, 5.74) is 1.51. The van der Waals surface area contributed by atoms with E-state index >= 15 is 0 Å². The Morgan fingerprint density at radius 1 is 1.14 bits per heavy atom. The normalized spacial score (nSPS) is 11.7. The van der Waals surface area contributed by atoms with Gasteiger partial charge in [-0.1, -0.05) is 6.07 Å². The molecular formula is C20H25N3O5. The van der Waals surface area contributed by atoms with E-state index in [4.69, 9.17) is 0 Å². The number of hydrogen-bond acceptors (Lipinski definition) is 6. The van der Waals surface area contributed by atoms with E-state index in [0.29, 0.717) is 12.0 Å². The lowest BCUT2D eigenvalue weighted by Gasteiger charge is -2.31. The van der Waals surface area contributed by atoms with E-state index in [-0.39, 0.29) is 36.3 Å². The molecule has 0 aliphatic carbocycles. The molecule has 2 aromatic rings. The number of nitrogens with one attached hydrogen (secondary N) is 2. The van der Waals surface area contributed by atoms with Crippen LogP contribution in [0.2, 0.25) is 0 Å². The topological polar surface area (TPSA) is 122 Å². The van der Waals surface area contributed by atoms with E-state index in [0.717, 1.165) is 5.69 Å². The third-order valence-electron chi connectivity index (χ3n) is 4.20. The molecule has 0 spiro atoms. The van der Waals surface area contributed by atoms with Gasteiger partial charge in [-0.05, 0) is 55.8 Å². The second-order valence-corrected chi connectivity index (χ2v) is 6.60. The van der Waals surface area contributed by atoms with Crippen molar-refractivity contribution in [2.24, 2.45) is 0 Å². The molecule has 8 nitrogen and oxygen atoms in total. The fourth-order valence-electron chi connectivity index (χ4n) is 2.74. The number of nitrogens with zero attached hydrogens (tertiary/aromatic N) is 1. The third-order valence-corrected chi connectivity index (χ3v) is 4.20. The first kappa shape index (κ1) is 21.0. The first-order valence-corrected chi connectivity index (χ1v) is 8.85. The predicted molar refractivity (Wildman–Crippen MR) is 106 cm³/mol. The Balaban J connectivity index is 2.16. The Kier molecular flexibility index (Phi) is 7.22. The molecule has 0 aliphatic rings. The van der Waals surface area contributed by atoms with Crippen LogP contribution in [0.5, 0.6) is 11.5 Å². The highest BCUT2D eigenvalue weighted by molar-refractivity contribution is 5.94. The molecule has 0 bridgehead atoms. The summed E-state index contributed by atoms with van der Waals surface area (Å²) in [7, 11) is 0. The van der Waals surface area contributed by atoms with Gasteiger partial charge in [0.25, 0.3) is 0 Å². The average molecular weight is 387 g/mol. The number of anilines is 2. The van der Waals surface area contributed by atoms with E-state index < -0.39 is 12.0 Å². The van der Waals surface area contributed by atoms with Gasteiger partial charge in [0.1, 0.15) is 11.5 Å². The summed E-state index contributed by atoms with van der Waals surface area (Å²) in [6.45, 7) is 4.02. The number of rotatable bonds is 9. The molecule has 2 amide bonds. The first-order valence-electron chi connectivity index (χ1n) is 8.85. The zero-order valence-electron chi connectivity index (χ0n) is 15.8. The number of amides is 2. The number of aliphatic hydroxyl groups excluding tert-OH is 1. The number of benzene rings is 2. The van der Waals surface area contributed by atoms with E-state index in [1.54, 1.807) is 30.3 Å². The van der Waals surface area contributed by atoms with Crippen molar-refractivity contribution < 1.29 is 24.9 Å². The molecule has 5 N–H and O–H groups in total. The number of hydrogen-bond donors (Lipinski definition) is 5. The zero-order chi connectivity index (χ0) is 20.7. The van der Waals surface area contributed by atoms with Crippen LogP contribution in [0.4, 0.5) is 11.4 Å². The van der Waals surface area contributed by atoms with Gasteiger partial charge in [0.2, 0.25) is 12.3 Å². The van der Waals surface area contributed by atoms with E-state index in [2.05, 4.69) is 10.6 Å². The highest BCUT2D eigenvalue weighted by Gasteiger charge is 2.18. The average Bonchev–Trinajstić information content (AvgIpc) is 2.66. The molecule has 1 unspecified atom stereocenters. The number of carbonyl (C=O) groups excluding carboxylic acids is 2. The molecule has 28 heavy (non-hydrogen) atoms. The fraction of sp³-hybridized carbons (Fsp3) is 0.300. The van der Waals surface area contributed by atoms with Gasteiger partial charge in [-0.2, -0.15) is 0 Å². The highest BCUT2D eigenvalue weighted by Crippen LogP contribution is 2.29. The maximum absolute atomic E-state index is 11.7. The SMILES string of the molecule is CC(C)N(CC(O)c1ccc(O)c(NC(=O)CNC=O)c1)c1ccc(O)cc1. The van der Waals surface area contributed by atoms with Gasteiger partial charge in [0.15, 0.2) is 0 Å². The van der Waals surface area contributed by atoms with Crippen molar-refractivity contribution in [3.8, 4) is 11.5 Å². The first-order chi connectivity index (χ1) is 13.3. The summed E-state index contributed by atoms with van der Waals surface area (Å²) in [6.07, 6.45) is -0.482. The standard InChI is InChI=1S/C20H25N3O5/c1-13(2)23(15-4-6-16(25)7-5-15)11-19(27)14-3-8-18(26)17(9-14)22-20(28)10-21-12-24/h3-9,12-13,19,25-27H,10-11H2,1-2H3,(H,21,24)(H,22,28). The summed E-state index contributed by atoms with van der Waals surface area (Å²) in [5, 5.41) is 34.8. The molecule has 0 heterocycles. The van der Waals surface area contributed by atoms with Crippen molar-refractivity contribution in [3.63, 3.8) is 0 Å². The lowest BCUT2D eigenvalue weighted by Crippen LogP contribution is -2.34. The van der Waals surface area contributed by atoms with Crippen LogP contribution in [0.25, 0.3) is 0 Å². The number of aliphatic hydroxyl groups is 1. The van der Waals surface area contributed by atoms with Crippen LogP contribution < -0.4 is 15.5 Å². The molecule has 8 heteroatoms. The summed E-state index contributed by atoms with van der Waals surface area (Å²) < 4.78 is 0. The molecule has 2 aromatic carbocycles. The maximum atomic E-state index is 11.7. The van der Waals surface area contributed by atoms with Crippen LogP contribution in [0.1, 0.15) is 25.5 Å². The molecule has 0 saturated heterocycles. The highest BCUT2D eigenvalue weighted by atomic mass is 16.3. The Hall–Kier alpha value is -3.26. The van der Waals surface area contributed by atoms with Crippen molar-refractivity contribution in [2.45, 2.75) is 26.0 Å². The van der Waals surface area contributed by atoms with Gasteiger partial charge in [0.05, 0.1) is 18.3 Å². The van der Waals surface area contributed by atoms with Crippen LogP contribution in [-0.2, 0) is 9.59 Å². The number of phenolic OH excluding ortho intramolecular Hbond substituents is 2. The molecule has 0 aliphatic heterocycles. The minimum atomic E-state index is -0.888. The van der Waals surface area contributed by atoms with Gasteiger partial charge in [-0.25, -0.2) is 0 Å². The summed E-state index contributed by atoms with van der Waals surface area (Å²) >= 11 is 0. The monoisotopic (exact) mass is 387 g/mol. The van der Waals surface area contributed by atoms with E-state index in [1.807, 2.05) is 18.7 Å². The zero-order valence-corrected chi connectivity index (χ0v) is 15.8. The lowest BCUT2D eigenvalue weighted by molar-refractivity contribution is -0.118.